The number of hydrogen-bond acceptors (Lipinski definition) is 3. The molecule has 0 unspecified atom stereocenters. The van der Waals surface area contributed by atoms with Crippen molar-refractivity contribution in [2.45, 2.75) is 26.2 Å². The van der Waals surface area contributed by atoms with Crippen LogP contribution in [0.4, 0.5) is 0 Å². The van der Waals surface area contributed by atoms with Crippen LogP contribution in [0.25, 0.3) is 11.4 Å². The molecule has 1 N–H and O–H groups in total. The topological polar surface area (TPSA) is 63.1 Å². The van der Waals surface area contributed by atoms with Gasteiger partial charge >= 0.3 is 5.97 Å². The minimum atomic E-state index is -0.755. The molecule has 2 aromatic rings. The summed E-state index contributed by atoms with van der Waals surface area (Å²) in [6.07, 6.45) is 5.09. The highest BCUT2D eigenvalue weighted by atomic mass is 16.4. The monoisotopic (exact) mass is 256 g/mol. The Bertz CT molecular complexity index is 582. The summed E-state index contributed by atoms with van der Waals surface area (Å²) < 4.78 is 0. The predicted octanol–water partition coefficient (Wildman–Crippen LogP) is 2.86. The third kappa shape index (κ3) is 3.88. The quantitative estimate of drug-likeness (QED) is 0.893. The molecule has 0 aromatic carbocycles. The number of aryl methyl sites for hydroxylation is 2. The second-order valence-corrected chi connectivity index (χ2v) is 4.52. The molecule has 0 atom stereocenters. The molecule has 4 heteroatoms. The summed E-state index contributed by atoms with van der Waals surface area (Å²) in [5, 5.41) is 8.63. The molecular formula is C15H16N2O2. The third-order valence-electron chi connectivity index (χ3n) is 2.86. The van der Waals surface area contributed by atoms with Gasteiger partial charge in [-0.3, -0.25) is 14.8 Å². The molecule has 0 radical (unpaired) electrons. The summed E-state index contributed by atoms with van der Waals surface area (Å²) in [6.45, 7) is 2.02. The van der Waals surface area contributed by atoms with E-state index in [1.807, 2.05) is 31.2 Å². The van der Waals surface area contributed by atoms with Crippen LogP contribution >= 0.6 is 0 Å². The number of carboxylic acids is 1. The highest BCUT2D eigenvalue weighted by Gasteiger charge is 2.03. The molecule has 4 nitrogen and oxygen atoms in total. The Morgan fingerprint density at radius 2 is 1.84 bits per heavy atom. The molecule has 19 heavy (non-hydrogen) atoms. The largest absolute Gasteiger partial charge is 0.481 e. The molecule has 2 rings (SSSR count). The van der Waals surface area contributed by atoms with Crippen molar-refractivity contribution in [1.29, 1.82) is 0 Å². The molecule has 0 spiro atoms. The van der Waals surface area contributed by atoms with Crippen molar-refractivity contribution >= 4 is 5.97 Å². The van der Waals surface area contributed by atoms with E-state index < -0.39 is 5.97 Å². The average Bonchev–Trinajstić information content (AvgIpc) is 2.39. The third-order valence-corrected chi connectivity index (χ3v) is 2.86. The minimum absolute atomic E-state index is 0.195. The first kappa shape index (κ1) is 13.2. The molecule has 0 saturated heterocycles. The summed E-state index contributed by atoms with van der Waals surface area (Å²) >= 11 is 0. The maximum absolute atomic E-state index is 10.5. The van der Waals surface area contributed by atoms with Crippen LogP contribution in [0.3, 0.4) is 0 Å². The Labute approximate surface area is 112 Å². The minimum Gasteiger partial charge on any atom is -0.481 e. The lowest BCUT2D eigenvalue weighted by Crippen LogP contribution is -1.96. The van der Waals surface area contributed by atoms with Crippen LogP contribution in [0, 0.1) is 6.92 Å². The van der Waals surface area contributed by atoms with Crippen molar-refractivity contribution in [2.75, 3.05) is 0 Å². The van der Waals surface area contributed by atoms with E-state index in [9.17, 15) is 4.79 Å². The van der Waals surface area contributed by atoms with Gasteiger partial charge in [0.15, 0.2) is 0 Å². The Hall–Kier alpha value is -2.23. The van der Waals surface area contributed by atoms with Gasteiger partial charge in [0, 0.05) is 18.8 Å². The summed E-state index contributed by atoms with van der Waals surface area (Å²) in [5.74, 6) is -0.755. The summed E-state index contributed by atoms with van der Waals surface area (Å²) in [4.78, 5) is 19.1. The lowest BCUT2D eigenvalue weighted by atomic mass is 10.1. The SMILES string of the molecule is Cc1ccnc(-c2cc(CCCC(=O)O)ccn2)c1. The second kappa shape index (κ2) is 6.09. The lowest BCUT2D eigenvalue weighted by Gasteiger charge is -2.04. The van der Waals surface area contributed by atoms with E-state index in [4.69, 9.17) is 5.11 Å². The number of carboxylic acid groups (broad SMARTS) is 1. The molecule has 0 saturated carbocycles. The first-order valence-corrected chi connectivity index (χ1v) is 6.25. The Kier molecular flexibility index (Phi) is 4.23. The predicted molar refractivity (Wildman–Crippen MR) is 72.8 cm³/mol. The van der Waals surface area contributed by atoms with Gasteiger partial charge in [-0.2, -0.15) is 0 Å². The van der Waals surface area contributed by atoms with Gasteiger partial charge in [-0.05, 0) is 55.2 Å². The van der Waals surface area contributed by atoms with Gasteiger partial charge < -0.3 is 5.11 Å². The van der Waals surface area contributed by atoms with Crippen molar-refractivity contribution in [3.05, 3.63) is 47.8 Å². The van der Waals surface area contributed by atoms with Gasteiger partial charge in [0.1, 0.15) is 0 Å². The van der Waals surface area contributed by atoms with Crippen molar-refractivity contribution in [1.82, 2.24) is 9.97 Å². The molecule has 0 amide bonds. The highest BCUT2D eigenvalue weighted by molar-refractivity contribution is 5.66. The Balaban J connectivity index is 2.13. The Morgan fingerprint density at radius 1 is 1.16 bits per heavy atom. The number of nitrogens with zero attached hydrogens (tertiary/aromatic N) is 2. The van der Waals surface area contributed by atoms with Gasteiger partial charge in [0.05, 0.1) is 11.4 Å². The Morgan fingerprint density at radius 3 is 2.53 bits per heavy atom. The van der Waals surface area contributed by atoms with Gasteiger partial charge in [0.2, 0.25) is 0 Å². The van der Waals surface area contributed by atoms with Crippen molar-refractivity contribution in [2.24, 2.45) is 0 Å². The molecule has 0 aliphatic heterocycles. The fraction of sp³-hybridized carbons (Fsp3) is 0.267. The normalized spacial score (nSPS) is 10.4. The zero-order valence-electron chi connectivity index (χ0n) is 10.8. The summed E-state index contributed by atoms with van der Waals surface area (Å²) in [5.41, 5.74) is 3.91. The van der Waals surface area contributed by atoms with Crippen LogP contribution in [0.15, 0.2) is 36.7 Å². The van der Waals surface area contributed by atoms with E-state index in [-0.39, 0.29) is 6.42 Å². The maximum atomic E-state index is 10.5. The molecule has 0 aliphatic rings. The fourth-order valence-corrected chi connectivity index (χ4v) is 1.89. The number of hydrogen-bond donors (Lipinski definition) is 1. The van der Waals surface area contributed by atoms with Gasteiger partial charge in [-0.25, -0.2) is 0 Å². The fourth-order valence-electron chi connectivity index (χ4n) is 1.89. The van der Waals surface area contributed by atoms with Crippen LogP contribution in [-0.4, -0.2) is 21.0 Å². The molecule has 0 aliphatic carbocycles. The van der Waals surface area contributed by atoms with Gasteiger partial charge in [-0.1, -0.05) is 0 Å². The summed E-state index contributed by atoms with van der Waals surface area (Å²) in [7, 11) is 0. The molecule has 0 fully saturated rings. The van der Waals surface area contributed by atoms with Crippen LogP contribution in [0.2, 0.25) is 0 Å². The number of aromatic nitrogens is 2. The van der Waals surface area contributed by atoms with Crippen molar-refractivity contribution in [3.8, 4) is 11.4 Å². The van der Waals surface area contributed by atoms with Crippen LogP contribution in [0.1, 0.15) is 24.0 Å². The molecule has 0 bridgehead atoms. The molecular weight excluding hydrogens is 240 g/mol. The molecule has 2 heterocycles. The number of carbonyl (C=O) groups is 1. The van der Waals surface area contributed by atoms with Crippen molar-refractivity contribution < 1.29 is 9.90 Å². The zero-order valence-corrected chi connectivity index (χ0v) is 10.8. The van der Waals surface area contributed by atoms with E-state index in [0.717, 1.165) is 28.9 Å². The van der Waals surface area contributed by atoms with Gasteiger partial charge in [0.25, 0.3) is 0 Å². The van der Waals surface area contributed by atoms with Gasteiger partial charge in [-0.15, -0.1) is 0 Å². The van der Waals surface area contributed by atoms with E-state index in [2.05, 4.69) is 9.97 Å². The molecule has 2 aromatic heterocycles. The van der Waals surface area contributed by atoms with E-state index in [1.165, 1.54) is 0 Å². The van der Waals surface area contributed by atoms with E-state index in [0.29, 0.717) is 6.42 Å². The smallest absolute Gasteiger partial charge is 0.303 e. The first-order valence-electron chi connectivity index (χ1n) is 6.25. The first-order chi connectivity index (χ1) is 9.15. The van der Waals surface area contributed by atoms with Crippen LogP contribution < -0.4 is 0 Å². The standard InChI is InChI=1S/C15H16N2O2/c1-11-5-7-16-13(9-11)14-10-12(6-8-17-14)3-2-4-15(18)19/h5-10H,2-4H2,1H3,(H,18,19). The van der Waals surface area contributed by atoms with Crippen molar-refractivity contribution in [3.63, 3.8) is 0 Å². The molecule has 98 valence electrons. The zero-order chi connectivity index (χ0) is 13.7. The van der Waals surface area contributed by atoms with Crippen LogP contribution in [-0.2, 0) is 11.2 Å². The summed E-state index contributed by atoms with van der Waals surface area (Å²) in [6, 6.07) is 7.83. The van der Waals surface area contributed by atoms with Crippen LogP contribution in [0.5, 0.6) is 0 Å². The lowest BCUT2D eigenvalue weighted by molar-refractivity contribution is -0.137. The second-order valence-electron chi connectivity index (χ2n) is 4.52. The van der Waals surface area contributed by atoms with E-state index in [1.54, 1.807) is 12.4 Å². The number of pyridine rings is 2. The highest BCUT2D eigenvalue weighted by Crippen LogP contribution is 2.17. The number of rotatable bonds is 5. The van der Waals surface area contributed by atoms with E-state index >= 15 is 0 Å². The number of aliphatic carboxylic acids is 1. The maximum Gasteiger partial charge on any atom is 0.303 e. The average molecular weight is 256 g/mol.